The molecule has 1 amide bonds. The van der Waals surface area contributed by atoms with E-state index in [-0.39, 0.29) is 29.3 Å². The minimum absolute atomic E-state index is 0.0236. The summed E-state index contributed by atoms with van der Waals surface area (Å²) in [4.78, 5) is 27.8. The van der Waals surface area contributed by atoms with Crippen molar-refractivity contribution in [3.05, 3.63) is 66.5 Å². The Morgan fingerprint density at radius 1 is 1.27 bits per heavy atom. The predicted molar refractivity (Wildman–Crippen MR) is 123 cm³/mol. The van der Waals surface area contributed by atoms with Crippen molar-refractivity contribution in [1.29, 1.82) is 0 Å². The maximum Gasteiger partial charge on any atom is 0.250 e. The fourth-order valence-electron chi connectivity index (χ4n) is 4.21. The third-order valence-corrected chi connectivity index (χ3v) is 7.33. The zero-order valence-electron chi connectivity index (χ0n) is 16.7. The largest absolute Gasteiger partial charge is 0.335 e. The van der Waals surface area contributed by atoms with Crippen LogP contribution in [0.1, 0.15) is 36.3 Å². The second-order valence-electron chi connectivity index (χ2n) is 8.17. The number of carbonyl (C=O) groups excluding carboxylic acids is 1. The molecular formula is C22H24BrCl2N3O2. The number of piperidine rings is 1. The summed E-state index contributed by atoms with van der Waals surface area (Å²) in [6, 6.07) is 7.55. The summed E-state index contributed by atoms with van der Waals surface area (Å²) in [6.07, 6.45) is 4.61. The van der Waals surface area contributed by atoms with Crippen molar-refractivity contribution in [2.24, 2.45) is 13.0 Å². The first-order chi connectivity index (χ1) is 14.3. The van der Waals surface area contributed by atoms with Crippen molar-refractivity contribution >= 4 is 45.0 Å². The summed E-state index contributed by atoms with van der Waals surface area (Å²) in [7, 11) is 1.73. The zero-order valence-corrected chi connectivity index (χ0v) is 19.8. The van der Waals surface area contributed by atoms with Crippen LogP contribution >= 0.6 is 39.1 Å². The van der Waals surface area contributed by atoms with Crippen LogP contribution in [0.5, 0.6) is 0 Å². The maximum atomic E-state index is 13.7. The minimum Gasteiger partial charge on any atom is -0.335 e. The molecule has 1 saturated carbocycles. The highest BCUT2D eigenvalue weighted by molar-refractivity contribution is 9.10. The van der Waals surface area contributed by atoms with E-state index in [4.69, 9.17) is 23.2 Å². The lowest BCUT2D eigenvalue weighted by atomic mass is 9.80. The van der Waals surface area contributed by atoms with Gasteiger partial charge in [0.05, 0.1) is 16.0 Å². The molecule has 8 heteroatoms. The Hall–Kier alpha value is -1.34. The van der Waals surface area contributed by atoms with E-state index >= 15 is 0 Å². The molecule has 2 fully saturated rings. The van der Waals surface area contributed by atoms with Crippen LogP contribution in [0.2, 0.25) is 10.0 Å². The normalized spacial score (nSPS) is 21.5. The standard InChI is InChI=1S/C22H24BrCl2N3O2/c1-27-7-5-13(9-20(27)29)17-4-6-26-11-18(17)22(30)28(16-2-3-16)12-14-8-15(23)10-19(24)21(14)25/h5,7-10,16-18,26H,2-4,6,11-12H2,1H3/t17-,18+/m0/s1. The number of nitrogens with one attached hydrogen (secondary N) is 1. The summed E-state index contributed by atoms with van der Waals surface area (Å²) in [5, 5.41) is 4.33. The van der Waals surface area contributed by atoms with Gasteiger partial charge in [-0.15, -0.1) is 0 Å². The third kappa shape index (κ3) is 4.62. The van der Waals surface area contributed by atoms with Gasteiger partial charge in [-0.2, -0.15) is 0 Å². The Morgan fingerprint density at radius 2 is 2.03 bits per heavy atom. The highest BCUT2D eigenvalue weighted by Crippen LogP contribution is 2.38. The van der Waals surface area contributed by atoms with Crippen molar-refractivity contribution < 1.29 is 4.79 Å². The smallest absolute Gasteiger partial charge is 0.250 e. The first kappa shape index (κ1) is 21.9. The van der Waals surface area contributed by atoms with E-state index < -0.39 is 0 Å². The van der Waals surface area contributed by atoms with Crippen molar-refractivity contribution in [1.82, 2.24) is 14.8 Å². The van der Waals surface area contributed by atoms with Gasteiger partial charge in [0.2, 0.25) is 5.91 Å². The Bertz CT molecular complexity index is 1020. The summed E-state index contributed by atoms with van der Waals surface area (Å²) >= 11 is 16.2. The molecule has 1 aliphatic heterocycles. The average Bonchev–Trinajstić information content (AvgIpc) is 3.56. The van der Waals surface area contributed by atoms with Gasteiger partial charge in [0, 0.05) is 42.9 Å². The molecular weight excluding hydrogens is 489 g/mol. The first-order valence-electron chi connectivity index (χ1n) is 10.2. The molecule has 2 aliphatic rings. The van der Waals surface area contributed by atoms with E-state index in [9.17, 15) is 9.59 Å². The second-order valence-corrected chi connectivity index (χ2v) is 9.87. The zero-order chi connectivity index (χ0) is 21.4. The van der Waals surface area contributed by atoms with Gasteiger partial charge in [0.1, 0.15) is 0 Å². The highest BCUT2D eigenvalue weighted by Gasteiger charge is 2.40. The molecule has 1 aromatic carbocycles. The molecule has 30 heavy (non-hydrogen) atoms. The molecule has 5 nitrogen and oxygen atoms in total. The number of benzene rings is 1. The summed E-state index contributed by atoms with van der Waals surface area (Å²) in [5.74, 6) is -0.0779. The van der Waals surface area contributed by atoms with Crippen LogP contribution in [0.15, 0.2) is 39.7 Å². The maximum absolute atomic E-state index is 13.7. The number of aromatic nitrogens is 1. The van der Waals surface area contributed by atoms with E-state index in [0.29, 0.717) is 23.1 Å². The molecule has 0 unspecified atom stereocenters. The van der Waals surface area contributed by atoms with Crippen LogP contribution in [0.4, 0.5) is 0 Å². The fraction of sp³-hybridized carbons (Fsp3) is 0.455. The van der Waals surface area contributed by atoms with Crippen LogP contribution < -0.4 is 10.9 Å². The number of hydrogen-bond acceptors (Lipinski definition) is 3. The third-order valence-electron chi connectivity index (χ3n) is 6.04. The van der Waals surface area contributed by atoms with E-state index in [1.165, 1.54) is 0 Å². The van der Waals surface area contributed by atoms with Crippen LogP contribution in [-0.2, 0) is 18.4 Å². The van der Waals surface area contributed by atoms with E-state index in [1.54, 1.807) is 29.9 Å². The Kier molecular flexibility index (Phi) is 6.58. The molecule has 2 atom stereocenters. The van der Waals surface area contributed by atoms with Gasteiger partial charge < -0.3 is 14.8 Å². The van der Waals surface area contributed by atoms with Crippen molar-refractivity contribution in [2.45, 2.75) is 37.8 Å². The lowest BCUT2D eigenvalue weighted by molar-refractivity contribution is -0.138. The van der Waals surface area contributed by atoms with Crippen LogP contribution in [0, 0.1) is 5.92 Å². The molecule has 4 rings (SSSR count). The molecule has 1 aliphatic carbocycles. The van der Waals surface area contributed by atoms with Crippen molar-refractivity contribution in [3.8, 4) is 0 Å². The van der Waals surface area contributed by atoms with Crippen LogP contribution in [-0.4, -0.2) is 34.5 Å². The SMILES string of the molecule is Cn1ccc([C@@H]2CCNC[C@H]2C(=O)N(Cc2cc(Br)cc(Cl)c2Cl)C2CC2)cc1=O. The van der Waals surface area contributed by atoms with E-state index in [1.807, 2.05) is 17.0 Å². The molecule has 2 aromatic rings. The number of carbonyl (C=O) groups is 1. The second kappa shape index (κ2) is 9.03. The van der Waals surface area contributed by atoms with Gasteiger partial charge in [-0.25, -0.2) is 0 Å². The van der Waals surface area contributed by atoms with Gasteiger partial charge in [-0.3, -0.25) is 9.59 Å². The number of amides is 1. The Morgan fingerprint density at radius 3 is 2.73 bits per heavy atom. The highest BCUT2D eigenvalue weighted by atomic mass is 79.9. The summed E-state index contributed by atoms with van der Waals surface area (Å²) in [6.45, 7) is 1.87. The van der Waals surface area contributed by atoms with E-state index in [0.717, 1.165) is 41.4 Å². The molecule has 2 heterocycles. The van der Waals surface area contributed by atoms with Gasteiger partial charge in [-0.05, 0) is 61.1 Å². The number of nitrogens with zero attached hydrogens (tertiary/aromatic N) is 2. The Balaban J connectivity index is 1.62. The molecule has 160 valence electrons. The summed E-state index contributed by atoms with van der Waals surface area (Å²) in [5.41, 5.74) is 1.73. The lowest BCUT2D eigenvalue weighted by Gasteiger charge is -2.36. The van der Waals surface area contributed by atoms with E-state index in [2.05, 4.69) is 21.2 Å². The number of halogens is 3. The van der Waals surface area contributed by atoms with Gasteiger partial charge in [-0.1, -0.05) is 39.1 Å². The molecule has 1 saturated heterocycles. The molecule has 0 spiro atoms. The number of rotatable bonds is 5. The molecule has 0 bridgehead atoms. The molecule has 0 radical (unpaired) electrons. The van der Waals surface area contributed by atoms with Gasteiger partial charge in [0.15, 0.2) is 0 Å². The van der Waals surface area contributed by atoms with Gasteiger partial charge in [0.25, 0.3) is 5.56 Å². The van der Waals surface area contributed by atoms with Gasteiger partial charge >= 0.3 is 0 Å². The number of pyridine rings is 1. The van der Waals surface area contributed by atoms with Crippen molar-refractivity contribution in [3.63, 3.8) is 0 Å². The number of aryl methyl sites for hydroxylation is 1. The Labute approximate surface area is 194 Å². The molecule has 1 N–H and O–H groups in total. The van der Waals surface area contributed by atoms with Crippen LogP contribution in [0.3, 0.4) is 0 Å². The van der Waals surface area contributed by atoms with Crippen LogP contribution in [0.25, 0.3) is 0 Å². The fourth-order valence-corrected chi connectivity index (χ4v) is 5.25. The topological polar surface area (TPSA) is 54.3 Å². The average molecular weight is 513 g/mol. The lowest BCUT2D eigenvalue weighted by Crippen LogP contribution is -2.47. The quantitative estimate of drug-likeness (QED) is 0.606. The number of hydrogen-bond donors (Lipinski definition) is 1. The first-order valence-corrected chi connectivity index (χ1v) is 11.7. The molecule has 1 aromatic heterocycles. The van der Waals surface area contributed by atoms with Crippen molar-refractivity contribution in [2.75, 3.05) is 13.1 Å². The minimum atomic E-state index is -0.215. The summed E-state index contributed by atoms with van der Waals surface area (Å²) < 4.78 is 2.39. The predicted octanol–water partition coefficient (Wildman–Crippen LogP) is 4.34. The monoisotopic (exact) mass is 511 g/mol.